The molecule has 1 aromatic carbocycles. The van der Waals surface area contributed by atoms with Crippen molar-refractivity contribution in [1.29, 1.82) is 0 Å². The van der Waals surface area contributed by atoms with Crippen LogP contribution in [0.5, 0.6) is 0 Å². The lowest BCUT2D eigenvalue weighted by Gasteiger charge is -2.16. The molecule has 1 aromatic heterocycles. The lowest BCUT2D eigenvalue weighted by Crippen LogP contribution is -2.23. The van der Waals surface area contributed by atoms with Crippen LogP contribution >= 0.6 is 11.8 Å². The first kappa shape index (κ1) is 16.5. The van der Waals surface area contributed by atoms with Crippen molar-refractivity contribution in [2.75, 3.05) is 22.5 Å². The van der Waals surface area contributed by atoms with Gasteiger partial charge in [-0.25, -0.2) is 0 Å². The number of rotatable bonds is 5. The van der Waals surface area contributed by atoms with Crippen molar-refractivity contribution < 1.29 is 9.59 Å². The topological polar surface area (TPSA) is 80.1 Å². The van der Waals surface area contributed by atoms with Gasteiger partial charge in [0.25, 0.3) is 0 Å². The van der Waals surface area contributed by atoms with Gasteiger partial charge in [-0.2, -0.15) is 0 Å². The molecule has 126 valence electrons. The minimum absolute atomic E-state index is 0.106. The van der Waals surface area contributed by atoms with Gasteiger partial charge in [0.2, 0.25) is 11.8 Å². The van der Waals surface area contributed by atoms with Gasteiger partial charge in [0.1, 0.15) is 5.82 Å². The SMILES string of the molecule is Cc1nnc(SCC(=O)Nc2ccc(N3CCCC3=O)cc2)n1C. The summed E-state index contributed by atoms with van der Waals surface area (Å²) in [6.07, 6.45) is 1.51. The van der Waals surface area contributed by atoms with Crippen LogP contribution in [-0.4, -0.2) is 38.9 Å². The van der Waals surface area contributed by atoms with E-state index in [0.29, 0.717) is 17.3 Å². The van der Waals surface area contributed by atoms with E-state index in [1.165, 1.54) is 11.8 Å². The molecule has 1 aliphatic rings. The Morgan fingerprint density at radius 1 is 1.29 bits per heavy atom. The number of carbonyl (C=O) groups is 2. The van der Waals surface area contributed by atoms with Crippen LogP contribution in [0.2, 0.25) is 0 Å². The fourth-order valence-electron chi connectivity index (χ4n) is 2.49. The summed E-state index contributed by atoms with van der Waals surface area (Å²) in [4.78, 5) is 25.5. The Kier molecular flexibility index (Phi) is 4.84. The fourth-order valence-corrected chi connectivity index (χ4v) is 3.24. The molecule has 0 bridgehead atoms. The quantitative estimate of drug-likeness (QED) is 0.838. The van der Waals surface area contributed by atoms with E-state index in [2.05, 4.69) is 15.5 Å². The first-order valence-corrected chi connectivity index (χ1v) is 8.72. The number of nitrogens with zero attached hydrogens (tertiary/aromatic N) is 4. The maximum absolute atomic E-state index is 12.0. The molecule has 1 saturated heterocycles. The number of aryl methyl sites for hydroxylation is 1. The summed E-state index contributed by atoms with van der Waals surface area (Å²) in [6, 6.07) is 7.35. The van der Waals surface area contributed by atoms with Gasteiger partial charge in [0.05, 0.1) is 5.75 Å². The van der Waals surface area contributed by atoms with Gasteiger partial charge in [-0.1, -0.05) is 11.8 Å². The van der Waals surface area contributed by atoms with Gasteiger partial charge in [-0.15, -0.1) is 10.2 Å². The van der Waals surface area contributed by atoms with Crippen molar-refractivity contribution >= 4 is 35.0 Å². The van der Waals surface area contributed by atoms with Gasteiger partial charge >= 0.3 is 0 Å². The van der Waals surface area contributed by atoms with Crippen molar-refractivity contribution in [3.8, 4) is 0 Å². The van der Waals surface area contributed by atoms with Gasteiger partial charge in [0, 0.05) is 31.4 Å². The Hall–Kier alpha value is -2.35. The van der Waals surface area contributed by atoms with Crippen LogP contribution in [0.25, 0.3) is 0 Å². The number of thioether (sulfide) groups is 1. The summed E-state index contributed by atoms with van der Waals surface area (Å²) < 4.78 is 1.85. The molecule has 1 N–H and O–H groups in total. The molecule has 2 amide bonds. The number of hydrogen-bond donors (Lipinski definition) is 1. The monoisotopic (exact) mass is 345 g/mol. The number of hydrogen-bond acceptors (Lipinski definition) is 5. The molecule has 1 aliphatic heterocycles. The average molecular weight is 345 g/mol. The van der Waals surface area contributed by atoms with Crippen LogP contribution in [-0.2, 0) is 16.6 Å². The zero-order valence-corrected chi connectivity index (χ0v) is 14.5. The van der Waals surface area contributed by atoms with Crippen molar-refractivity contribution in [2.45, 2.75) is 24.9 Å². The number of nitrogens with one attached hydrogen (secondary N) is 1. The second kappa shape index (κ2) is 7.04. The lowest BCUT2D eigenvalue weighted by molar-refractivity contribution is -0.117. The average Bonchev–Trinajstić information content (AvgIpc) is 3.13. The van der Waals surface area contributed by atoms with Crippen LogP contribution in [0.15, 0.2) is 29.4 Å². The van der Waals surface area contributed by atoms with E-state index in [4.69, 9.17) is 0 Å². The largest absolute Gasteiger partial charge is 0.325 e. The van der Waals surface area contributed by atoms with Crippen molar-refractivity contribution in [3.05, 3.63) is 30.1 Å². The predicted molar refractivity (Wildman–Crippen MR) is 93.1 cm³/mol. The smallest absolute Gasteiger partial charge is 0.234 e. The maximum atomic E-state index is 12.0. The third-order valence-electron chi connectivity index (χ3n) is 3.92. The standard InChI is InChI=1S/C16H19N5O2S/c1-11-18-19-16(20(11)2)24-10-14(22)17-12-5-7-13(8-6-12)21-9-3-4-15(21)23/h5-8H,3-4,9-10H2,1-2H3,(H,17,22). The third kappa shape index (κ3) is 3.59. The van der Waals surface area contributed by atoms with E-state index < -0.39 is 0 Å². The summed E-state index contributed by atoms with van der Waals surface area (Å²) in [6.45, 7) is 2.63. The van der Waals surface area contributed by atoms with Crippen LogP contribution in [0.3, 0.4) is 0 Å². The summed E-state index contributed by atoms with van der Waals surface area (Å²) >= 11 is 1.34. The summed E-state index contributed by atoms with van der Waals surface area (Å²) in [5, 5.41) is 11.5. The van der Waals surface area contributed by atoms with Crippen molar-refractivity contribution in [3.63, 3.8) is 0 Å². The van der Waals surface area contributed by atoms with E-state index in [9.17, 15) is 9.59 Å². The summed E-state index contributed by atoms with van der Waals surface area (Å²) in [5.74, 6) is 1.12. The highest BCUT2D eigenvalue weighted by Crippen LogP contribution is 2.23. The van der Waals surface area contributed by atoms with E-state index in [0.717, 1.165) is 24.5 Å². The molecule has 0 spiro atoms. The molecule has 3 rings (SSSR count). The molecule has 1 fully saturated rings. The Morgan fingerprint density at radius 3 is 2.62 bits per heavy atom. The second-order valence-corrected chi connectivity index (χ2v) is 6.56. The summed E-state index contributed by atoms with van der Waals surface area (Å²) in [5.41, 5.74) is 1.59. The molecular formula is C16H19N5O2S. The van der Waals surface area contributed by atoms with Crippen LogP contribution in [0.4, 0.5) is 11.4 Å². The van der Waals surface area contributed by atoms with Gasteiger partial charge in [-0.05, 0) is 37.6 Å². The Labute approximate surface area is 144 Å². The highest BCUT2D eigenvalue weighted by Gasteiger charge is 2.21. The normalized spacial score (nSPS) is 14.2. The van der Waals surface area contributed by atoms with E-state index in [1.54, 1.807) is 4.90 Å². The minimum Gasteiger partial charge on any atom is -0.325 e. The molecule has 0 aliphatic carbocycles. The van der Waals surface area contributed by atoms with Crippen LogP contribution < -0.4 is 10.2 Å². The number of amides is 2. The highest BCUT2D eigenvalue weighted by atomic mass is 32.2. The fraction of sp³-hybridized carbons (Fsp3) is 0.375. The van der Waals surface area contributed by atoms with E-state index in [1.807, 2.05) is 42.8 Å². The van der Waals surface area contributed by atoms with Gasteiger partial charge in [-0.3, -0.25) is 9.59 Å². The second-order valence-electron chi connectivity index (χ2n) is 5.62. The van der Waals surface area contributed by atoms with E-state index >= 15 is 0 Å². The Morgan fingerprint density at radius 2 is 2.04 bits per heavy atom. The Balaban J connectivity index is 1.54. The number of carbonyl (C=O) groups excluding carboxylic acids is 2. The number of aromatic nitrogens is 3. The maximum Gasteiger partial charge on any atom is 0.234 e. The first-order valence-electron chi connectivity index (χ1n) is 7.73. The van der Waals surface area contributed by atoms with Gasteiger partial charge in [0.15, 0.2) is 5.16 Å². The molecule has 0 unspecified atom stereocenters. The van der Waals surface area contributed by atoms with Gasteiger partial charge < -0.3 is 14.8 Å². The van der Waals surface area contributed by atoms with Crippen LogP contribution in [0.1, 0.15) is 18.7 Å². The zero-order chi connectivity index (χ0) is 17.1. The molecule has 0 atom stereocenters. The predicted octanol–water partition coefficient (Wildman–Crippen LogP) is 1.98. The Bertz CT molecular complexity index is 756. The first-order chi connectivity index (χ1) is 11.5. The van der Waals surface area contributed by atoms with Crippen LogP contribution in [0, 0.1) is 6.92 Å². The number of benzene rings is 1. The highest BCUT2D eigenvalue weighted by molar-refractivity contribution is 7.99. The lowest BCUT2D eigenvalue weighted by atomic mass is 10.2. The molecule has 7 nitrogen and oxygen atoms in total. The molecular weight excluding hydrogens is 326 g/mol. The molecule has 0 saturated carbocycles. The van der Waals surface area contributed by atoms with Crippen molar-refractivity contribution in [2.24, 2.45) is 7.05 Å². The van der Waals surface area contributed by atoms with E-state index in [-0.39, 0.29) is 17.6 Å². The molecule has 8 heteroatoms. The molecule has 0 radical (unpaired) electrons. The zero-order valence-electron chi connectivity index (χ0n) is 13.7. The molecule has 2 heterocycles. The summed E-state index contributed by atoms with van der Waals surface area (Å²) in [7, 11) is 1.87. The van der Waals surface area contributed by atoms with Crippen molar-refractivity contribution in [1.82, 2.24) is 14.8 Å². The number of anilines is 2. The minimum atomic E-state index is -0.106. The molecule has 2 aromatic rings. The third-order valence-corrected chi connectivity index (χ3v) is 4.94. The molecule has 24 heavy (non-hydrogen) atoms.